The van der Waals surface area contributed by atoms with Crippen LogP contribution in [-0.4, -0.2) is 0 Å². The third-order valence-corrected chi connectivity index (χ3v) is 1.61. The van der Waals surface area contributed by atoms with Crippen molar-refractivity contribution in [3.8, 4) is 12.1 Å². The highest BCUT2D eigenvalue weighted by Crippen LogP contribution is 2.13. The summed E-state index contributed by atoms with van der Waals surface area (Å²) < 4.78 is 0.688. The zero-order valence-corrected chi connectivity index (χ0v) is 7.01. The number of benzene rings is 1. The van der Waals surface area contributed by atoms with Crippen molar-refractivity contribution in [3.63, 3.8) is 0 Å². The lowest BCUT2D eigenvalue weighted by molar-refractivity contribution is 1.42. The Balaban J connectivity index is 3.34. The molecular weight excluding hydrogens is 204 g/mol. The summed E-state index contributed by atoms with van der Waals surface area (Å²) in [5.41, 5.74) is 0.730. The fourth-order valence-corrected chi connectivity index (χ4v) is 0.993. The van der Waals surface area contributed by atoms with E-state index in [-0.39, 0.29) is 0 Å². The zero-order chi connectivity index (χ0) is 8.27. The van der Waals surface area contributed by atoms with Crippen molar-refractivity contribution in [1.29, 1.82) is 10.5 Å². The third kappa shape index (κ3) is 1.58. The predicted octanol–water partition coefficient (Wildman–Crippen LogP) is 1.99. The summed E-state index contributed by atoms with van der Waals surface area (Å²) in [6.45, 7) is 0. The highest BCUT2D eigenvalue weighted by Gasteiger charge is 2.00. The van der Waals surface area contributed by atoms with Gasteiger partial charge in [-0.3, -0.25) is 0 Å². The van der Waals surface area contributed by atoms with Crippen molar-refractivity contribution >= 4 is 15.9 Å². The molecule has 0 aromatic heterocycles. The van der Waals surface area contributed by atoms with Gasteiger partial charge in [-0.25, -0.2) is 0 Å². The van der Waals surface area contributed by atoms with Crippen LogP contribution in [0.5, 0.6) is 0 Å². The highest BCUT2D eigenvalue weighted by atomic mass is 79.9. The van der Waals surface area contributed by atoms with Gasteiger partial charge < -0.3 is 0 Å². The van der Waals surface area contributed by atoms with E-state index >= 15 is 0 Å². The molecular formula is C8H2BrN2. The van der Waals surface area contributed by atoms with Crippen molar-refractivity contribution in [2.45, 2.75) is 0 Å². The molecule has 0 saturated heterocycles. The van der Waals surface area contributed by atoms with Crippen LogP contribution in [-0.2, 0) is 0 Å². The van der Waals surface area contributed by atoms with Crippen molar-refractivity contribution in [2.75, 3.05) is 0 Å². The van der Waals surface area contributed by atoms with E-state index in [1.807, 2.05) is 12.1 Å². The summed E-state index contributed by atoms with van der Waals surface area (Å²) in [6, 6.07) is 9.64. The van der Waals surface area contributed by atoms with E-state index in [1.165, 1.54) is 6.07 Å². The van der Waals surface area contributed by atoms with E-state index in [0.717, 1.165) is 0 Å². The molecule has 0 unspecified atom stereocenters. The van der Waals surface area contributed by atoms with E-state index in [1.54, 1.807) is 6.07 Å². The molecule has 0 N–H and O–H groups in total. The summed E-state index contributed by atoms with van der Waals surface area (Å²) >= 11 is 3.15. The number of hydrogen-bond donors (Lipinski definition) is 0. The molecule has 0 aliphatic rings. The number of hydrogen-bond acceptors (Lipinski definition) is 2. The first-order valence-corrected chi connectivity index (χ1v) is 3.58. The van der Waals surface area contributed by atoms with Crippen LogP contribution in [0.4, 0.5) is 0 Å². The lowest BCUT2D eigenvalue weighted by Gasteiger charge is -1.92. The van der Waals surface area contributed by atoms with Crippen molar-refractivity contribution in [2.24, 2.45) is 0 Å². The van der Waals surface area contributed by atoms with Crippen LogP contribution in [0.15, 0.2) is 16.6 Å². The summed E-state index contributed by atoms with van der Waals surface area (Å²) in [7, 11) is 0. The predicted molar refractivity (Wildman–Crippen MR) is 42.4 cm³/mol. The molecule has 1 aromatic carbocycles. The van der Waals surface area contributed by atoms with Crippen LogP contribution in [0.2, 0.25) is 0 Å². The first-order chi connectivity index (χ1) is 5.27. The van der Waals surface area contributed by atoms with Gasteiger partial charge in [0.1, 0.15) is 12.1 Å². The van der Waals surface area contributed by atoms with Gasteiger partial charge in [0.25, 0.3) is 0 Å². The smallest absolute Gasteiger partial charge is 0.101 e. The van der Waals surface area contributed by atoms with Crippen LogP contribution < -0.4 is 0 Å². The SMILES string of the molecule is N#Cc1c[c]c(Br)cc1C#N. The Labute approximate surface area is 72.8 Å². The number of nitriles is 2. The maximum absolute atomic E-state index is 8.54. The quantitative estimate of drug-likeness (QED) is 0.651. The second kappa shape index (κ2) is 3.18. The summed E-state index contributed by atoms with van der Waals surface area (Å²) in [5.74, 6) is 0. The Morgan fingerprint density at radius 3 is 2.45 bits per heavy atom. The van der Waals surface area contributed by atoms with Gasteiger partial charge in [0.2, 0.25) is 0 Å². The molecule has 11 heavy (non-hydrogen) atoms. The van der Waals surface area contributed by atoms with Crippen LogP contribution in [0.3, 0.4) is 0 Å². The van der Waals surface area contributed by atoms with Gasteiger partial charge >= 0.3 is 0 Å². The van der Waals surface area contributed by atoms with Gasteiger partial charge in [-0.1, -0.05) is 15.9 Å². The summed E-state index contributed by atoms with van der Waals surface area (Å²) in [4.78, 5) is 0. The van der Waals surface area contributed by atoms with Crippen molar-refractivity contribution < 1.29 is 0 Å². The second-order valence-electron chi connectivity index (χ2n) is 1.83. The minimum Gasteiger partial charge on any atom is -0.192 e. The van der Waals surface area contributed by atoms with E-state index in [9.17, 15) is 0 Å². The monoisotopic (exact) mass is 205 g/mol. The number of nitrogens with zero attached hydrogens (tertiary/aromatic N) is 2. The van der Waals surface area contributed by atoms with Crippen LogP contribution in [0.1, 0.15) is 11.1 Å². The summed E-state index contributed by atoms with van der Waals surface area (Å²) in [6.07, 6.45) is 0. The Morgan fingerprint density at radius 1 is 1.27 bits per heavy atom. The first-order valence-electron chi connectivity index (χ1n) is 2.79. The normalized spacial score (nSPS) is 8.27. The Hall–Kier alpha value is -1.32. The van der Waals surface area contributed by atoms with E-state index in [4.69, 9.17) is 10.5 Å². The molecule has 0 fully saturated rings. The van der Waals surface area contributed by atoms with Crippen molar-refractivity contribution in [3.05, 3.63) is 33.8 Å². The largest absolute Gasteiger partial charge is 0.192 e. The molecule has 1 rings (SSSR count). The molecule has 0 aliphatic carbocycles. The third-order valence-electron chi connectivity index (χ3n) is 1.16. The average Bonchev–Trinajstić information content (AvgIpc) is 2.04. The fraction of sp³-hybridized carbons (Fsp3) is 0. The van der Waals surface area contributed by atoms with Crippen LogP contribution in [0, 0.1) is 28.7 Å². The number of halogens is 1. The molecule has 51 valence electrons. The lowest BCUT2D eigenvalue weighted by Crippen LogP contribution is -1.82. The molecule has 0 heterocycles. The fourth-order valence-electron chi connectivity index (χ4n) is 0.650. The maximum Gasteiger partial charge on any atom is 0.101 e. The van der Waals surface area contributed by atoms with Gasteiger partial charge in [-0.2, -0.15) is 10.5 Å². The molecule has 0 amide bonds. The van der Waals surface area contributed by atoms with Crippen LogP contribution in [0.25, 0.3) is 0 Å². The van der Waals surface area contributed by atoms with E-state index in [2.05, 4.69) is 22.0 Å². The Bertz CT molecular complexity index is 357. The van der Waals surface area contributed by atoms with E-state index in [0.29, 0.717) is 15.6 Å². The highest BCUT2D eigenvalue weighted by molar-refractivity contribution is 9.10. The minimum atomic E-state index is 0.357. The van der Waals surface area contributed by atoms with Gasteiger partial charge in [0.15, 0.2) is 0 Å². The van der Waals surface area contributed by atoms with Crippen molar-refractivity contribution in [1.82, 2.24) is 0 Å². The second-order valence-corrected chi connectivity index (χ2v) is 2.69. The number of rotatable bonds is 0. The molecule has 2 nitrogen and oxygen atoms in total. The molecule has 1 radical (unpaired) electrons. The average molecular weight is 206 g/mol. The standard InChI is InChI=1S/C8H2BrN2/c9-8-2-1-6(4-10)7(3-8)5-11/h1,3H. The lowest BCUT2D eigenvalue weighted by atomic mass is 10.1. The first kappa shape index (κ1) is 7.78. The molecule has 0 aliphatic heterocycles. The Morgan fingerprint density at radius 2 is 1.91 bits per heavy atom. The maximum atomic E-state index is 8.54. The topological polar surface area (TPSA) is 47.6 Å². The van der Waals surface area contributed by atoms with Gasteiger partial charge in [-0.15, -0.1) is 0 Å². The molecule has 0 atom stereocenters. The molecule has 3 heteroatoms. The molecule has 1 aromatic rings. The van der Waals surface area contributed by atoms with Gasteiger partial charge in [0.05, 0.1) is 11.1 Å². The Kier molecular flexibility index (Phi) is 2.25. The van der Waals surface area contributed by atoms with Crippen LogP contribution >= 0.6 is 15.9 Å². The molecule has 0 bridgehead atoms. The molecule has 0 spiro atoms. The zero-order valence-electron chi connectivity index (χ0n) is 5.43. The summed E-state index contributed by atoms with van der Waals surface area (Å²) in [5, 5.41) is 17.0. The van der Waals surface area contributed by atoms with Gasteiger partial charge in [0, 0.05) is 4.47 Å². The minimum absolute atomic E-state index is 0.357. The molecule has 0 saturated carbocycles. The van der Waals surface area contributed by atoms with E-state index < -0.39 is 0 Å². The van der Waals surface area contributed by atoms with Gasteiger partial charge in [-0.05, 0) is 18.2 Å².